The summed E-state index contributed by atoms with van der Waals surface area (Å²) in [6.45, 7) is 2.49. The second-order valence-electron chi connectivity index (χ2n) is 6.10. The Bertz CT molecular complexity index is 781. The van der Waals surface area contributed by atoms with Gasteiger partial charge >= 0.3 is 0 Å². The van der Waals surface area contributed by atoms with Gasteiger partial charge in [0.05, 0.1) is 0 Å². The topological polar surface area (TPSA) is 93.5 Å². The predicted octanol–water partition coefficient (Wildman–Crippen LogP) is 2.95. The van der Waals surface area contributed by atoms with Crippen molar-refractivity contribution >= 4 is 28.9 Å². The molecular formula is C19H21N3O3. The van der Waals surface area contributed by atoms with Crippen molar-refractivity contribution in [3.8, 4) is 0 Å². The lowest BCUT2D eigenvalue weighted by Crippen LogP contribution is -2.26. The maximum atomic E-state index is 12.4. The number of nitrogens with two attached hydrogens (primary N) is 1. The molecule has 2 amide bonds. The number of nitrogens with one attached hydrogen (secondary N) is 2. The van der Waals surface area contributed by atoms with Gasteiger partial charge in [-0.1, -0.05) is 6.07 Å². The third-order valence-corrected chi connectivity index (χ3v) is 4.14. The fourth-order valence-corrected chi connectivity index (χ4v) is 2.73. The second kappa shape index (κ2) is 7.36. The molecule has 1 unspecified atom stereocenters. The van der Waals surface area contributed by atoms with Gasteiger partial charge in [-0.2, -0.15) is 0 Å². The number of rotatable bonds is 4. The zero-order valence-corrected chi connectivity index (χ0v) is 14.0. The fraction of sp³-hybridized carbons (Fsp3) is 0.263. The molecule has 1 aliphatic rings. The van der Waals surface area contributed by atoms with Gasteiger partial charge in [0.1, 0.15) is 6.10 Å². The minimum absolute atomic E-state index is 0.135. The maximum Gasteiger partial charge on any atom is 0.256 e. The molecular weight excluding hydrogens is 318 g/mol. The number of carbonyl (C=O) groups is 2. The summed E-state index contributed by atoms with van der Waals surface area (Å²) in [5.74, 6) is -0.356. The first-order valence-corrected chi connectivity index (χ1v) is 8.23. The molecule has 0 saturated carbocycles. The van der Waals surface area contributed by atoms with Crippen LogP contribution >= 0.6 is 0 Å². The van der Waals surface area contributed by atoms with E-state index in [1.165, 1.54) is 0 Å². The standard InChI is InChI=1S/C19H21N3O3/c1-12-4-5-13(20)11-16(12)18(23)21-14-6-8-15(9-7-14)22-19(24)17-3-2-10-25-17/h4-9,11,17H,2-3,10,20H2,1H3,(H,21,23)(H,22,24). The van der Waals surface area contributed by atoms with Crippen LogP contribution < -0.4 is 16.4 Å². The van der Waals surface area contributed by atoms with Crippen LogP contribution in [0.25, 0.3) is 0 Å². The van der Waals surface area contributed by atoms with Crippen LogP contribution in [0.5, 0.6) is 0 Å². The average Bonchev–Trinajstić information content (AvgIpc) is 3.13. The van der Waals surface area contributed by atoms with Gasteiger partial charge in [0.25, 0.3) is 11.8 Å². The van der Waals surface area contributed by atoms with Gasteiger partial charge in [-0.3, -0.25) is 9.59 Å². The molecule has 0 aromatic heterocycles. The molecule has 0 aliphatic carbocycles. The number of benzene rings is 2. The van der Waals surface area contributed by atoms with Gasteiger partial charge < -0.3 is 21.1 Å². The van der Waals surface area contributed by atoms with Crippen molar-refractivity contribution < 1.29 is 14.3 Å². The zero-order chi connectivity index (χ0) is 17.8. The van der Waals surface area contributed by atoms with E-state index in [-0.39, 0.29) is 17.9 Å². The number of aryl methyl sites for hydroxylation is 1. The van der Waals surface area contributed by atoms with Crippen LogP contribution in [0.1, 0.15) is 28.8 Å². The van der Waals surface area contributed by atoms with Crippen molar-refractivity contribution in [2.45, 2.75) is 25.9 Å². The number of carbonyl (C=O) groups excluding carboxylic acids is 2. The molecule has 0 radical (unpaired) electrons. The molecule has 3 rings (SSSR count). The van der Waals surface area contributed by atoms with Crippen LogP contribution in [-0.2, 0) is 9.53 Å². The summed E-state index contributed by atoms with van der Waals surface area (Å²) < 4.78 is 5.35. The molecule has 130 valence electrons. The molecule has 1 saturated heterocycles. The molecule has 6 nitrogen and oxygen atoms in total. The van der Waals surface area contributed by atoms with Crippen molar-refractivity contribution in [2.24, 2.45) is 0 Å². The van der Waals surface area contributed by atoms with Crippen molar-refractivity contribution in [1.82, 2.24) is 0 Å². The maximum absolute atomic E-state index is 12.4. The van der Waals surface area contributed by atoms with Gasteiger partial charge in [0, 0.05) is 29.2 Å². The van der Waals surface area contributed by atoms with Gasteiger partial charge in [-0.25, -0.2) is 0 Å². The highest BCUT2D eigenvalue weighted by Crippen LogP contribution is 2.19. The normalized spacial score (nSPS) is 16.4. The van der Waals surface area contributed by atoms with Crippen LogP contribution in [0.3, 0.4) is 0 Å². The highest BCUT2D eigenvalue weighted by atomic mass is 16.5. The van der Waals surface area contributed by atoms with Crippen LogP contribution in [0.4, 0.5) is 17.1 Å². The van der Waals surface area contributed by atoms with E-state index in [4.69, 9.17) is 10.5 Å². The largest absolute Gasteiger partial charge is 0.399 e. The molecule has 1 heterocycles. The summed E-state index contributed by atoms with van der Waals surface area (Å²) in [7, 11) is 0. The Labute approximate surface area is 146 Å². The van der Waals surface area contributed by atoms with E-state index in [0.29, 0.717) is 29.2 Å². The molecule has 1 atom stereocenters. The average molecular weight is 339 g/mol. The number of amides is 2. The van der Waals surface area contributed by atoms with Gasteiger partial charge in [-0.05, 0) is 61.7 Å². The monoisotopic (exact) mass is 339 g/mol. The van der Waals surface area contributed by atoms with E-state index in [2.05, 4.69) is 10.6 Å². The Balaban J connectivity index is 1.63. The zero-order valence-electron chi connectivity index (χ0n) is 14.0. The number of nitrogen functional groups attached to an aromatic ring is 1. The molecule has 6 heteroatoms. The van der Waals surface area contributed by atoms with E-state index >= 15 is 0 Å². The lowest BCUT2D eigenvalue weighted by Gasteiger charge is -2.12. The summed E-state index contributed by atoms with van der Waals surface area (Å²) in [6, 6.07) is 12.2. The first-order valence-electron chi connectivity index (χ1n) is 8.23. The number of hydrogen-bond acceptors (Lipinski definition) is 4. The Morgan fingerprint density at radius 3 is 2.40 bits per heavy atom. The summed E-state index contributed by atoms with van der Waals surface area (Å²) >= 11 is 0. The van der Waals surface area contributed by atoms with E-state index in [9.17, 15) is 9.59 Å². The third-order valence-electron chi connectivity index (χ3n) is 4.14. The van der Waals surface area contributed by atoms with Crippen molar-refractivity contribution in [2.75, 3.05) is 23.0 Å². The van der Waals surface area contributed by atoms with Crippen molar-refractivity contribution in [3.63, 3.8) is 0 Å². The first-order chi connectivity index (χ1) is 12.0. The predicted molar refractivity (Wildman–Crippen MR) is 97.6 cm³/mol. The van der Waals surface area contributed by atoms with Gasteiger partial charge in [-0.15, -0.1) is 0 Å². The molecule has 25 heavy (non-hydrogen) atoms. The second-order valence-corrected chi connectivity index (χ2v) is 6.10. The SMILES string of the molecule is Cc1ccc(N)cc1C(=O)Nc1ccc(NC(=O)C2CCCO2)cc1. The van der Waals surface area contributed by atoms with E-state index in [1.54, 1.807) is 36.4 Å². The van der Waals surface area contributed by atoms with Crippen molar-refractivity contribution in [3.05, 3.63) is 53.6 Å². The molecule has 2 aromatic rings. The summed E-state index contributed by atoms with van der Waals surface area (Å²) in [5, 5.41) is 5.65. The molecule has 2 aromatic carbocycles. The van der Waals surface area contributed by atoms with Crippen LogP contribution in [0.2, 0.25) is 0 Å². The van der Waals surface area contributed by atoms with E-state index in [1.807, 2.05) is 13.0 Å². The molecule has 0 bridgehead atoms. The summed E-state index contributed by atoms with van der Waals surface area (Å²) in [4.78, 5) is 24.4. The van der Waals surface area contributed by atoms with E-state index in [0.717, 1.165) is 18.4 Å². The third kappa shape index (κ3) is 4.16. The van der Waals surface area contributed by atoms with Gasteiger partial charge in [0.15, 0.2) is 0 Å². The fourth-order valence-electron chi connectivity index (χ4n) is 2.73. The van der Waals surface area contributed by atoms with Gasteiger partial charge in [0.2, 0.25) is 0 Å². The molecule has 0 spiro atoms. The Hall–Kier alpha value is -2.86. The highest BCUT2D eigenvalue weighted by molar-refractivity contribution is 6.06. The van der Waals surface area contributed by atoms with Crippen LogP contribution in [-0.4, -0.2) is 24.5 Å². The minimum atomic E-state index is -0.370. The summed E-state index contributed by atoms with van der Waals surface area (Å²) in [5.41, 5.74) is 8.99. The first kappa shape index (κ1) is 17.0. The minimum Gasteiger partial charge on any atom is -0.399 e. The summed E-state index contributed by atoms with van der Waals surface area (Å²) in [6.07, 6.45) is 1.29. The van der Waals surface area contributed by atoms with Crippen LogP contribution in [0.15, 0.2) is 42.5 Å². The number of anilines is 3. The Morgan fingerprint density at radius 1 is 1.08 bits per heavy atom. The lowest BCUT2D eigenvalue weighted by molar-refractivity contribution is -0.124. The lowest BCUT2D eigenvalue weighted by atomic mass is 10.1. The van der Waals surface area contributed by atoms with Crippen LogP contribution in [0, 0.1) is 6.92 Å². The smallest absolute Gasteiger partial charge is 0.256 e. The molecule has 4 N–H and O–H groups in total. The Morgan fingerprint density at radius 2 is 1.76 bits per heavy atom. The number of ether oxygens (including phenoxy) is 1. The number of hydrogen-bond donors (Lipinski definition) is 3. The van der Waals surface area contributed by atoms with E-state index < -0.39 is 0 Å². The quantitative estimate of drug-likeness (QED) is 0.747. The highest BCUT2D eigenvalue weighted by Gasteiger charge is 2.23. The molecule has 1 fully saturated rings. The van der Waals surface area contributed by atoms with Crippen molar-refractivity contribution in [1.29, 1.82) is 0 Å². The Kier molecular flexibility index (Phi) is 5.00. The molecule has 1 aliphatic heterocycles.